The lowest BCUT2D eigenvalue weighted by Gasteiger charge is -2.10. The van der Waals surface area contributed by atoms with E-state index in [0.29, 0.717) is 6.54 Å². The number of nitrogens with one attached hydrogen (secondary N) is 1. The van der Waals surface area contributed by atoms with Crippen molar-refractivity contribution in [2.24, 2.45) is 0 Å². The molecule has 2 aromatic carbocycles. The zero-order chi connectivity index (χ0) is 14.7. The summed E-state index contributed by atoms with van der Waals surface area (Å²) in [5, 5.41) is 7.52. The highest BCUT2D eigenvalue weighted by atomic mass is 19.1. The molecule has 3 aromatic rings. The van der Waals surface area contributed by atoms with E-state index in [9.17, 15) is 4.39 Å². The van der Waals surface area contributed by atoms with E-state index in [0.717, 1.165) is 22.5 Å². The Hall–Kier alpha value is -2.62. The van der Waals surface area contributed by atoms with Crippen LogP contribution in [0.15, 0.2) is 60.9 Å². The molecule has 0 amide bonds. The Kier molecular flexibility index (Phi) is 3.69. The summed E-state index contributed by atoms with van der Waals surface area (Å²) in [6.45, 7) is 2.60. The minimum Gasteiger partial charge on any atom is -0.381 e. The summed E-state index contributed by atoms with van der Waals surface area (Å²) in [5.41, 5.74) is 4.05. The molecule has 1 N–H and O–H groups in total. The molecular formula is C17H16FN3. The summed E-state index contributed by atoms with van der Waals surface area (Å²) in [7, 11) is 0. The van der Waals surface area contributed by atoms with Gasteiger partial charge in [0.15, 0.2) is 0 Å². The van der Waals surface area contributed by atoms with E-state index in [4.69, 9.17) is 0 Å². The fourth-order valence-corrected chi connectivity index (χ4v) is 2.21. The Morgan fingerprint density at radius 3 is 2.62 bits per heavy atom. The van der Waals surface area contributed by atoms with E-state index in [1.165, 1.54) is 12.1 Å². The van der Waals surface area contributed by atoms with Crippen molar-refractivity contribution in [1.82, 2.24) is 9.78 Å². The summed E-state index contributed by atoms with van der Waals surface area (Å²) in [4.78, 5) is 0. The second-order valence-corrected chi connectivity index (χ2v) is 4.93. The molecule has 3 rings (SSSR count). The average molecular weight is 281 g/mol. The average Bonchev–Trinajstić information content (AvgIpc) is 3.01. The van der Waals surface area contributed by atoms with Crippen LogP contribution in [0.4, 0.5) is 10.1 Å². The van der Waals surface area contributed by atoms with E-state index < -0.39 is 0 Å². The Morgan fingerprint density at radius 1 is 1.14 bits per heavy atom. The van der Waals surface area contributed by atoms with Gasteiger partial charge in [0, 0.05) is 24.6 Å². The third-order valence-corrected chi connectivity index (χ3v) is 3.38. The smallest absolute Gasteiger partial charge is 0.123 e. The number of aryl methyl sites for hydroxylation is 1. The first-order chi connectivity index (χ1) is 10.2. The van der Waals surface area contributed by atoms with Crippen molar-refractivity contribution >= 4 is 5.69 Å². The number of anilines is 1. The molecule has 0 aliphatic rings. The highest BCUT2D eigenvalue weighted by Crippen LogP contribution is 2.17. The summed E-state index contributed by atoms with van der Waals surface area (Å²) in [6.07, 6.45) is 3.67. The van der Waals surface area contributed by atoms with E-state index in [1.807, 2.05) is 36.0 Å². The van der Waals surface area contributed by atoms with Crippen LogP contribution in [0.2, 0.25) is 0 Å². The van der Waals surface area contributed by atoms with Gasteiger partial charge in [0.25, 0.3) is 0 Å². The Bertz CT molecular complexity index is 718. The van der Waals surface area contributed by atoms with E-state index in [1.54, 1.807) is 12.3 Å². The molecule has 4 heteroatoms. The molecule has 0 saturated carbocycles. The predicted molar refractivity (Wildman–Crippen MR) is 82.0 cm³/mol. The van der Waals surface area contributed by atoms with Crippen LogP contribution in [-0.4, -0.2) is 9.78 Å². The fraction of sp³-hybridized carbons (Fsp3) is 0.118. The fourth-order valence-electron chi connectivity index (χ4n) is 2.21. The number of aromatic nitrogens is 2. The number of hydrogen-bond donors (Lipinski definition) is 1. The molecule has 0 saturated heterocycles. The first kappa shape index (κ1) is 13.4. The summed E-state index contributed by atoms with van der Waals surface area (Å²) >= 11 is 0. The van der Waals surface area contributed by atoms with Gasteiger partial charge in [0.1, 0.15) is 5.82 Å². The molecule has 0 fully saturated rings. The lowest BCUT2D eigenvalue weighted by Crippen LogP contribution is -2.02. The monoisotopic (exact) mass is 281 g/mol. The normalized spacial score (nSPS) is 10.6. The van der Waals surface area contributed by atoms with Crippen LogP contribution in [0.3, 0.4) is 0 Å². The van der Waals surface area contributed by atoms with Crippen molar-refractivity contribution in [3.8, 4) is 5.69 Å². The minimum absolute atomic E-state index is 0.207. The van der Waals surface area contributed by atoms with Crippen LogP contribution >= 0.6 is 0 Å². The predicted octanol–water partition coefficient (Wildman–Crippen LogP) is 3.93. The molecule has 106 valence electrons. The molecule has 0 unspecified atom stereocenters. The second kappa shape index (κ2) is 5.79. The van der Waals surface area contributed by atoms with Crippen molar-refractivity contribution < 1.29 is 4.39 Å². The van der Waals surface area contributed by atoms with Gasteiger partial charge in [-0.25, -0.2) is 9.07 Å². The van der Waals surface area contributed by atoms with Crippen LogP contribution in [0.5, 0.6) is 0 Å². The Labute approximate surface area is 123 Å². The molecule has 0 aliphatic carbocycles. The van der Waals surface area contributed by atoms with Crippen molar-refractivity contribution in [3.63, 3.8) is 0 Å². The summed E-state index contributed by atoms with van der Waals surface area (Å²) in [6, 6.07) is 14.8. The molecule has 1 aromatic heterocycles. The van der Waals surface area contributed by atoms with Gasteiger partial charge in [-0.1, -0.05) is 12.1 Å². The van der Waals surface area contributed by atoms with Crippen LogP contribution < -0.4 is 5.32 Å². The van der Waals surface area contributed by atoms with Gasteiger partial charge in [-0.2, -0.15) is 5.10 Å². The molecule has 0 atom stereocenters. The van der Waals surface area contributed by atoms with Crippen molar-refractivity contribution in [2.75, 3.05) is 5.32 Å². The molecule has 3 nitrogen and oxygen atoms in total. The van der Waals surface area contributed by atoms with Gasteiger partial charge in [0.2, 0.25) is 0 Å². The van der Waals surface area contributed by atoms with E-state index in [-0.39, 0.29) is 5.82 Å². The minimum atomic E-state index is -0.207. The molecule has 1 heterocycles. The van der Waals surface area contributed by atoms with Crippen molar-refractivity contribution in [1.29, 1.82) is 0 Å². The maximum absolute atomic E-state index is 13.1. The highest BCUT2D eigenvalue weighted by molar-refractivity contribution is 5.51. The largest absolute Gasteiger partial charge is 0.381 e. The van der Waals surface area contributed by atoms with Gasteiger partial charge in [0.05, 0.1) is 5.69 Å². The molecular weight excluding hydrogens is 265 g/mol. The Balaban J connectivity index is 1.68. The standard InChI is InChI=1S/C17H16FN3/c1-13-11-15(18)5-8-17(13)19-12-14-3-6-16(7-4-14)21-10-2-9-20-21/h2-11,19H,12H2,1H3. The van der Waals surface area contributed by atoms with Gasteiger partial charge in [-0.3, -0.25) is 0 Å². The first-order valence-corrected chi connectivity index (χ1v) is 6.81. The van der Waals surface area contributed by atoms with Crippen molar-refractivity contribution in [3.05, 3.63) is 77.9 Å². The summed E-state index contributed by atoms with van der Waals surface area (Å²) in [5.74, 6) is -0.207. The van der Waals surface area contributed by atoms with Crippen LogP contribution in [0, 0.1) is 12.7 Å². The lowest BCUT2D eigenvalue weighted by atomic mass is 10.1. The summed E-state index contributed by atoms with van der Waals surface area (Å²) < 4.78 is 14.9. The number of nitrogens with zero attached hydrogens (tertiary/aromatic N) is 2. The van der Waals surface area contributed by atoms with E-state index >= 15 is 0 Å². The molecule has 0 aliphatic heterocycles. The maximum Gasteiger partial charge on any atom is 0.123 e. The zero-order valence-electron chi connectivity index (χ0n) is 11.8. The quantitative estimate of drug-likeness (QED) is 0.785. The van der Waals surface area contributed by atoms with Gasteiger partial charge >= 0.3 is 0 Å². The lowest BCUT2D eigenvalue weighted by molar-refractivity contribution is 0.627. The number of halogens is 1. The van der Waals surface area contributed by atoms with Crippen LogP contribution in [-0.2, 0) is 6.54 Å². The van der Waals surface area contributed by atoms with Gasteiger partial charge in [-0.15, -0.1) is 0 Å². The van der Waals surface area contributed by atoms with Crippen LogP contribution in [0.1, 0.15) is 11.1 Å². The van der Waals surface area contributed by atoms with Crippen LogP contribution in [0.25, 0.3) is 5.69 Å². The molecule has 21 heavy (non-hydrogen) atoms. The molecule has 0 radical (unpaired) electrons. The topological polar surface area (TPSA) is 29.9 Å². The third kappa shape index (κ3) is 3.11. The van der Waals surface area contributed by atoms with Gasteiger partial charge in [-0.05, 0) is 54.4 Å². The third-order valence-electron chi connectivity index (χ3n) is 3.38. The highest BCUT2D eigenvalue weighted by Gasteiger charge is 2.01. The maximum atomic E-state index is 13.1. The SMILES string of the molecule is Cc1cc(F)ccc1NCc1ccc(-n2cccn2)cc1. The Morgan fingerprint density at radius 2 is 1.95 bits per heavy atom. The van der Waals surface area contributed by atoms with Gasteiger partial charge < -0.3 is 5.32 Å². The molecule has 0 bridgehead atoms. The molecule has 0 spiro atoms. The van der Waals surface area contributed by atoms with Crippen molar-refractivity contribution in [2.45, 2.75) is 13.5 Å². The second-order valence-electron chi connectivity index (χ2n) is 4.93. The number of benzene rings is 2. The number of hydrogen-bond acceptors (Lipinski definition) is 2. The zero-order valence-corrected chi connectivity index (χ0v) is 11.8. The number of rotatable bonds is 4. The van der Waals surface area contributed by atoms with E-state index in [2.05, 4.69) is 22.5 Å². The first-order valence-electron chi connectivity index (χ1n) is 6.81.